The molecular weight excluding hydrogens is 215 g/mol. The van der Waals surface area contributed by atoms with E-state index in [1.165, 1.54) is 11.1 Å². The van der Waals surface area contributed by atoms with Crippen LogP contribution in [-0.2, 0) is 5.88 Å². The predicted octanol–water partition coefficient (Wildman–Crippen LogP) is 4.55. The van der Waals surface area contributed by atoms with Crippen LogP contribution in [0.25, 0.3) is 0 Å². The maximum absolute atomic E-state index is 5.97. The molecule has 0 aliphatic carbocycles. The van der Waals surface area contributed by atoms with Gasteiger partial charge in [-0.15, -0.1) is 23.2 Å². The summed E-state index contributed by atoms with van der Waals surface area (Å²) in [7, 11) is 0. The van der Waals surface area contributed by atoms with Crippen molar-refractivity contribution in [2.45, 2.75) is 31.6 Å². The molecule has 0 nitrogen and oxygen atoms in total. The quantitative estimate of drug-likeness (QED) is 0.652. The summed E-state index contributed by atoms with van der Waals surface area (Å²) in [5, 5.41) is 0. The summed E-state index contributed by atoms with van der Waals surface area (Å²) in [4.78, 5) is 0. The molecule has 1 aromatic rings. The van der Waals surface area contributed by atoms with Crippen LogP contribution >= 0.6 is 23.2 Å². The van der Waals surface area contributed by atoms with Crippen molar-refractivity contribution in [2.75, 3.05) is 5.88 Å². The Labute approximate surface area is 96.2 Å². The fraction of sp³-hybridized carbons (Fsp3) is 0.500. The van der Waals surface area contributed by atoms with E-state index in [4.69, 9.17) is 23.2 Å². The van der Waals surface area contributed by atoms with Gasteiger partial charge in [-0.2, -0.15) is 0 Å². The standard InChI is InChI=1S/C12H16Cl2/c1-2-5-10(8-13)12-7-4-3-6-11(12)9-14/h3-4,6-7,10H,2,5,8-9H2,1H3. The van der Waals surface area contributed by atoms with Crippen molar-refractivity contribution in [2.24, 2.45) is 0 Å². The lowest BCUT2D eigenvalue weighted by Crippen LogP contribution is -2.03. The van der Waals surface area contributed by atoms with Crippen molar-refractivity contribution in [3.8, 4) is 0 Å². The summed E-state index contributed by atoms with van der Waals surface area (Å²) in [6.07, 6.45) is 2.30. The molecule has 0 aliphatic heterocycles. The first-order valence-electron chi connectivity index (χ1n) is 5.03. The minimum absolute atomic E-state index is 0.455. The minimum atomic E-state index is 0.455. The van der Waals surface area contributed by atoms with Gasteiger partial charge in [-0.1, -0.05) is 37.6 Å². The van der Waals surface area contributed by atoms with Crippen molar-refractivity contribution in [3.05, 3.63) is 35.4 Å². The highest BCUT2D eigenvalue weighted by Gasteiger charge is 2.12. The summed E-state index contributed by atoms with van der Waals surface area (Å²) in [6, 6.07) is 8.30. The Kier molecular flexibility index (Phi) is 5.36. The van der Waals surface area contributed by atoms with Crippen LogP contribution in [0.5, 0.6) is 0 Å². The van der Waals surface area contributed by atoms with Gasteiger partial charge in [-0.3, -0.25) is 0 Å². The second kappa shape index (κ2) is 6.31. The molecule has 0 radical (unpaired) electrons. The Morgan fingerprint density at radius 1 is 1.21 bits per heavy atom. The number of benzene rings is 1. The average molecular weight is 231 g/mol. The number of alkyl halides is 2. The van der Waals surface area contributed by atoms with E-state index in [0.717, 1.165) is 12.8 Å². The molecule has 14 heavy (non-hydrogen) atoms. The fourth-order valence-corrected chi connectivity index (χ4v) is 2.28. The highest BCUT2D eigenvalue weighted by molar-refractivity contribution is 6.18. The van der Waals surface area contributed by atoms with E-state index in [-0.39, 0.29) is 0 Å². The maximum Gasteiger partial charge on any atom is 0.0476 e. The first-order valence-corrected chi connectivity index (χ1v) is 6.10. The molecule has 0 spiro atoms. The lowest BCUT2D eigenvalue weighted by atomic mass is 9.93. The molecule has 1 unspecified atom stereocenters. The van der Waals surface area contributed by atoms with Crippen LogP contribution in [0, 0.1) is 0 Å². The van der Waals surface area contributed by atoms with Crippen LogP contribution in [0.1, 0.15) is 36.8 Å². The average Bonchev–Trinajstić information content (AvgIpc) is 2.26. The summed E-state index contributed by atoms with van der Waals surface area (Å²) in [6.45, 7) is 2.18. The van der Waals surface area contributed by atoms with E-state index in [1.54, 1.807) is 0 Å². The molecule has 0 saturated heterocycles. The highest BCUT2D eigenvalue weighted by Crippen LogP contribution is 2.26. The molecule has 1 atom stereocenters. The van der Waals surface area contributed by atoms with E-state index in [0.29, 0.717) is 17.7 Å². The molecule has 0 amide bonds. The second-order valence-corrected chi connectivity index (χ2v) is 4.05. The van der Waals surface area contributed by atoms with E-state index in [2.05, 4.69) is 25.1 Å². The smallest absolute Gasteiger partial charge is 0.0476 e. The summed E-state index contributed by atoms with van der Waals surface area (Å²) in [5.41, 5.74) is 2.53. The molecular formula is C12H16Cl2. The van der Waals surface area contributed by atoms with Gasteiger partial charge in [0.05, 0.1) is 0 Å². The van der Waals surface area contributed by atoms with Gasteiger partial charge < -0.3 is 0 Å². The Morgan fingerprint density at radius 2 is 1.93 bits per heavy atom. The number of hydrogen-bond donors (Lipinski definition) is 0. The largest absolute Gasteiger partial charge is 0.126 e. The van der Waals surface area contributed by atoms with Crippen molar-refractivity contribution in [3.63, 3.8) is 0 Å². The van der Waals surface area contributed by atoms with Gasteiger partial charge in [0.15, 0.2) is 0 Å². The third kappa shape index (κ3) is 2.90. The Bertz CT molecular complexity index is 271. The SMILES string of the molecule is CCCC(CCl)c1ccccc1CCl. The maximum atomic E-state index is 5.97. The zero-order valence-corrected chi connectivity index (χ0v) is 9.98. The molecule has 0 aromatic heterocycles. The summed E-state index contributed by atoms with van der Waals surface area (Å²) in [5.74, 6) is 1.71. The first kappa shape index (κ1) is 11.9. The van der Waals surface area contributed by atoms with E-state index in [1.807, 2.05) is 6.07 Å². The normalized spacial score (nSPS) is 12.8. The molecule has 0 bridgehead atoms. The first-order chi connectivity index (χ1) is 6.83. The van der Waals surface area contributed by atoms with Gasteiger partial charge in [0.1, 0.15) is 0 Å². The number of halogens is 2. The molecule has 2 heteroatoms. The molecule has 0 saturated carbocycles. The number of hydrogen-bond acceptors (Lipinski definition) is 0. The van der Waals surface area contributed by atoms with E-state index >= 15 is 0 Å². The van der Waals surface area contributed by atoms with Crippen molar-refractivity contribution >= 4 is 23.2 Å². The lowest BCUT2D eigenvalue weighted by molar-refractivity contribution is 0.666. The molecule has 1 aromatic carbocycles. The molecule has 0 heterocycles. The van der Waals surface area contributed by atoms with Gasteiger partial charge in [0, 0.05) is 11.8 Å². The van der Waals surface area contributed by atoms with E-state index < -0.39 is 0 Å². The Hall–Kier alpha value is -0.200. The fourth-order valence-electron chi connectivity index (χ4n) is 1.72. The van der Waals surface area contributed by atoms with Crippen LogP contribution in [0.2, 0.25) is 0 Å². The third-order valence-corrected chi connectivity index (χ3v) is 3.12. The second-order valence-electron chi connectivity index (χ2n) is 3.47. The molecule has 0 fully saturated rings. The topological polar surface area (TPSA) is 0 Å². The molecule has 78 valence electrons. The summed E-state index contributed by atoms with van der Waals surface area (Å²) < 4.78 is 0. The Morgan fingerprint density at radius 3 is 2.50 bits per heavy atom. The van der Waals surface area contributed by atoms with Gasteiger partial charge in [0.2, 0.25) is 0 Å². The Balaban J connectivity index is 2.90. The zero-order valence-electron chi connectivity index (χ0n) is 8.47. The number of rotatable bonds is 5. The molecule has 1 rings (SSSR count). The van der Waals surface area contributed by atoms with Crippen LogP contribution in [0.15, 0.2) is 24.3 Å². The highest BCUT2D eigenvalue weighted by atomic mass is 35.5. The van der Waals surface area contributed by atoms with Gasteiger partial charge in [-0.25, -0.2) is 0 Å². The van der Waals surface area contributed by atoms with Gasteiger partial charge in [-0.05, 0) is 23.5 Å². The van der Waals surface area contributed by atoms with Gasteiger partial charge in [0.25, 0.3) is 0 Å². The minimum Gasteiger partial charge on any atom is -0.126 e. The zero-order chi connectivity index (χ0) is 10.4. The van der Waals surface area contributed by atoms with Crippen LogP contribution in [0.3, 0.4) is 0 Å². The molecule has 0 N–H and O–H groups in total. The van der Waals surface area contributed by atoms with Gasteiger partial charge >= 0.3 is 0 Å². The van der Waals surface area contributed by atoms with Crippen molar-refractivity contribution in [1.82, 2.24) is 0 Å². The predicted molar refractivity (Wildman–Crippen MR) is 64.4 cm³/mol. The van der Waals surface area contributed by atoms with Crippen molar-refractivity contribution in [1.29, 1.82) is 0 Å². The monoisotopic (exact) mass is 230 g/mol. The van der Waals surface area contributed by atoms with Crippen LogP contribution < -0.4 is 0 Å². The van der Waals surface area contributed by atoms with Crippen LogP contribution in [0.4, 0.5) is 0 Å². The van der Waals surface area contributed by atoms with E-state index in [9.17, 15) is 0 Å². The summed E-state index contributed by atoms with van der Waals surface area (Å²) >= 11 is 11.9. The lowest BCUT2D eigenvalue weighted by Gasteiger charge is -2.16. The molecule has 0 aliphatic rings. The third-order valence-electron chi connectivity index (χ3n) is 2.46. The van der Waals surface area contributed by atoms with Crippen LogP contribution in [-0.4, -0.2) is 5.88 Å². The van der Waals surface area contributed by atoms with Crippen molar-refractivity contribution < 1.29 is 0 Å².